The molecular formula is C10H18O3. The van der Waals surface area contributed by atoms with Crippen LogP contribution in [0.3, 0.4) is 0 Å². The van der Waals surface area contributed by atoms with Crippen LogP contribution in [0.4, 0.5) is 0 Å². The molecule has 3 heteroatoms. The van der Waals surface area contributed by atoms with Crippen LogP contribution in [-0.2, 0) is 14.3 Å². The molecule has 76 valence electrons. The van der Waals surface area contributed by atoms with Crippen molar-refractivity contribution in [2.24, 2.45) is 5.92 Å². The van der Waals surface area contributed by atoms with Gasteiger partial charge in [-0.1, -0.05) is 0 Å². The molecule has 0 radical (unpaired) electrons. The number of carbonyl (C=O) groups excluding carboxylic acids is 1. The largest absolute Gasteiger partial charge is 0.469 e. The van der Waals surface area contributed by atoms with Crippen molar-refractivity contribution in [1.29, 1.82) is 0 Å². The first kappa shape index (κ1) is 10.5. The van der Waals surface area contributed by atoms with Crippen LogP contribution in [-0.4, -0.2) is 25.3 Å². The van der Waals surface area contributed by atoms with E-state index in [1.165, 1.54) is 7.11 Å². The minimum atomic E-state index is -0.121. The Labute approximate surface area is 79.4 Å². The van der Waals surface area contributed by atoms with Crippen molar-refractivity contribution in [3.8, 4) is 0 Å². The average Bonchev–Trinajstić information content (AvgIpc) is 2.41. The molecule has 0 N–H and O–H groups in total. The van der Waals surface area contributed by atoms with Gasteiger partial charge in [0, 0.05) is 6.42 Å². The van der Waals surface area contributed by atoms with E-state index >= 15 is 0 Å². The first-order valence-corrected chi connectivity index (χ1v) is 4.74. The Kier molecular flexibility index (Phi) is 3.31. The molecule has 3 nitrogen and oxygen atoms in total. The van der Waals surface area contributed by atoms with Gasteiger partial charge in [-0.3, -0.25) is 4.79 Å². The Morgan fingerprint density at radius 2 is 2.31 bits per heavy atom. The van der Waals surface area contributed by atoms with E-state index in [9.17, 15) is 4.79 Å². The van der Waals surface area contributed by atoms with Gasteiger partial charge in [0.2, 0.25) is 0 Å². The van der Waals surface area contributed by atoms with Gasteiger partial charge in [-0.25, -0.2) is 0 Å². The quantitative estimate of drug-likeness (QED) is 0.630. The van der Waals surface area contributed by atoms with Crippen molar-refractivity contribution in [3.05, 3.63) is 0 Å². The van der Waals surface area contributed by atoms with Gasteiger partial charge in [0.25, 0.3) is 0 Å². The highest BCUT2D eigenvalue weighted by molar-refractivity contribution is 5.69. The molecule has 13 heavy (non-hydrogen) atoms. The molecule has 1 atom stereocenters. The van der Waals surface area contributed by atoms with E-state index in [-0.39, 0.29) is 11.6 Å². The van der Waals surface area contributed by atoms with Crippen LogP contribution in [0.5, 0.6) is 0 Å². The summed E-state index contributed by atoms with van der Waals surface area (Å²) in [6.45, 7) is 4.96. The summed E-state index contributed by atoms with van der Waals surface area (Å²) in [4.78, 5) is 10.9. The molecule has 0 aromatic heterocycles. The predicted molar refractivity (Wildman–Crippen MR) is 49.4 cm³/mol. The molecule has 1 fully saturated rings. The lowest BCUT2D eigenvalue weighted by Crippen LogP contribution is -2.16. The van der Waals surface area contributed by atoms with Gasteiger partial charge in [-0.2, -0.15) is 0 Å². The number of hydrogen-bond acceptors (Lipinski definition) is 3. The van der Waals surface area contributed by atoms with Gasteiger partial charge < -0.3 is 9.47 Å². The first-order valence-electron chi connectivity index (χ1n) is 4.74. The molecule has 0 aromatic rings. The third-order valence-electron chi connectivity index (χ3n) is 2.47. The molecular weight excluding hydrogens is 168 g/mol. The molecule has 1 aliphatic heterocycles. The van der Waals surface area contributed by atoms with Crippen LogP contribution in [0, 0.1) is 5.92 Å². The lowest BCUT2D eigenvalue weighted by Gasteiger charge is -2.15. The van der Waals surface area contributed by atoms with Crippen LogP contribution in [0.1, 0.15) is 33.1 Å². The molecule has 0 bridgehead atoms. The number of hydrogen-bond donors (Lipinski definition) is 0. The molecule has 0 aromatic carbocycles. The van der Waals surface area contributed by atoms with Crippen molar-refractivity contribution < 1.29 is 14.3 Å². The summed E-state index contributed by atoms with van der Waals surface area (Å²) in [5.74, 6) is 0.402. The minimum absolute atomic E-state index is 0.000780. The van der Waals surface area contributed by atoms with E-state index in [1.807, 2.05) is 0 Å². The Morgan fingerprint density at radius 3 is 2.77 bits per heavy atom. The standard InChI is InChI=1S/C10H18O3/c1-10(2)6-8(7-13-10)4-5-9(11)12-3/h8H,4-7H2,1-3H3/t8-/m1/s1. The number of methoxy groups -OCH3 is 1. The highest BCUT2D eigenvalue weighted by atomic mass is 16.5. The maximum Gasteiger partial charge on any atom is 0.305 e. The second-order valence-corrected chi connectivity index (χ2v) is 4.26. The van der Waals surface area contributed by atoms with Gasteiger partial charge in [0.1, 0.15) is 0 Å². The Morgan fingerprint density at radius 1 is 1.62 bits per heavy atom. The monoisotopic (exact) mass is 186 g/mol. The van der Waals surface area contributed by atoms with E-state index in [2.05, 4.69) is 18.6 Å². The summed E-state index contributed by atoms with van der Waals surface area (Å²) >= 11 is 0. The van der Waals surface area contributed by atoms with Crippen molar-refractivity contribution in [3.63, 3.8) is 0 Å². The maximum absolute atomic E-state index is 10.9. The topological polar surface area (TPSA) is 35.5 Å². The Hall–Kier alpha value is -0.570. The lowest BCUT2D eigenvalue weighted by atomic mass is 9.94. The zero-order valence-corrected chi connectivity index (χ0v) is 8.63. The van der Waals surface area contributed by atoms with Gasteiger partial charge in [-0.15, -0.1) is 0 Å². The summed E-state index contributed by atoms with van der Waals surface area (Å²) in [7, 11) is 1.43. The van der Waals surface area contributed by atoms with E-state index in [1.54, 1.807) is 0 Å². The van der Waals surface area contributed by atoms with Crippen molar-refractivity contribution in [1.82, 2.24) is 0 Å². The highest BCUT2D eigenvalue weighted by Gasteiger charge is 2.31. The lowest BCUT2D eigenvalue weighted by molar-refractivity contribution is -0.140. The molecule has 1 aliphatic rings. The van der Waals surface area contributed by atoms with Crippen LogP contribution < -0.4 is 0 Å². The molecule has 0 unspecified atom stereocenters. The number of carbonyl (C=O) groups is 1. The summed E-state index contributed by atoms with van der Waals surface area (Å²) in [5, 5.41) is 0. The van der Waals surface area contributed by atoms with E-state index < -0.39 is 0 Å². The summed E-state index contributed by atoms with van der Waals surface area (Å²) in [6, 6.07) is 0. The fraction of sp³-hybridized carbons (Fsp3) is 0.900. The molecule has 0 amide bonds. The molecule has 0 spiro atoms. The minimum Gasteiger partial charge on any atom is -0.469 e. The van der Waals surface area contributed by atoms with Gasteiger partial charge >= 0.3 is 5.97 Å². The fourth-order valence-corrected chi connectivity index (χ4v) is 1.77. The Bertz CT molecular complexity index is 187. The normalized spacial score (nSPS) is 25.9. The van der Waals surface area contributed by atoms with Crippen LogP contribution in [0.15, 0.2) is 0 Å². The average molecular weight is 186 g/mol. The smallest absolute Gasteiger partial charge is 0.305 e. The zero-order chi connectivity index (χ0) is 9.90. The Balaban J connectivity index is 2.21. The second-order valence-electron chi connectivity index (χ2n) is 4.26. The third-order valence-corrected chi connectivity index (χ3v) is 2.47. The van der Waals surface area contributed by atoms with Crippen molar-refractivity contribution >= 4 is 5.97 Å². The number of ether oxygens (including phenoxy) is 2. The van der Waals surface area contributed by atoms with E-state index in [4.69, 9.17) is 4.74 Å². The first-order chi connectivity index (χ1) is 6.03. The summed E-state index contributed by atoms with van der Waals surface area (Å²) in [5.41, 5.74) is 0.000780. The van der Waals surface area contributed by atoms with E-state index in [0.717, 1.165) is 19.4 Å². The second kappa shape index (κ2) is 4.09. The molecule has 0 saturated carbocycles. The SMILES string of the molecule is COC(=O)CC[C@H]1COC(C)(C)C1. The fourth-order valence-electron chi connectivity index (χ4n) is 1.77. The maximum atomic E-state index is 10.9. The highest BCUT2D eigenvalue weighted by Crippen LogP contribution is 2.31. The van der Waals surface area contributed by atoms with Crippen LogP contribution >= 0.6 is 0 Å². The van der Waals surface area contributed by atoms with Crippen LogP contribution in [0.25, 0.3) is 0 Å². The third kappa shape index (κ3) is 3.35. The van der Waals surface area contributed by atoms with Gasteiger partial charge in [-0.05, 0) is 32.6 Å². The summed E-state index contributed by atoms with van der Waals surface area (Å²) < 4.78 is 10.1. The van der Waals surface area contributed by atoms with Crippen molar-refractivity contribution in [2.75, 3.05) is 13.7 Å². The van der Waals surface area contributed by atoms with Crippen molar-refractivity contribution in [2.45, 2.75) is 38.7 Å². The molecule has 1 heterocycles. The van der Waals surface area contributed by atoms with E-state index in [0.29, 0.717) is 12.3 Å². The van der Waals surface area contributed by atoms with Gasteiger partial charge in [0.05, 0.1) is 19.3 Å². The molecule has 1 rings (SSSR count). The number of esters is 1. The van der Waals surface area contributed by atoms with Gasteiger partial charge in [0.15, 0.2) is 0 Å². The summed E-state index contributed by atoms with van der Waals surface area (Å²) in [6.07, 6.45) is 2.45. The number of rotatable bonds is 3. The van der Waals surface area contributed by atoms with Crippen LogP contribution in [0.2, 0.25) is 0 Å². The zero-order valence-electron chi connectivity index (χ0n) is 8.63. The molecule has 0 aliphatic carbocycles. The molecule has 1 saturated heterocycles. The predicted octanol–water partition coefficient (Wildman–Crippen LogP) is 1.75.